The van der Waals surface area contributed by atoms with Crippen LogP contribution in [0.4, 0.5) is 4.39 Å². The van der Waals surface area contributed by atoms with E-state index >= 15 is 0 Å². The van der Waals surface area contributed by atoms with Crippen LogP contribution in [0.1, 0.15) is 22.6 Å². The zero-order valence-corrected chi connectivity index (χ0v) is 17.7. The summed E-state index contributed by atoms with van der Waals surface area (Å²) in [5.41, 5.74) is 4.26. The first-order valence-corrected chi connectivity index (χ1v) is 10.1. The van der Waals surface area contributed by atoms with E-state index in [1.54, 1.807) is 32.3 Å². The molecule has 0 aliphatic carbocycles. The Hall–Kier alpha value is -3.29. The summed E-state index contributed by atoms with van der Waals surface area (Å²) in [4.78, 5) is 1.92. The zero-order valence-electron chi connectivity index (χ0n) is 17.7. The van der Waals surface area contributed by atoms with Crippen LogP contribution in [0.3, 0.4) is 0 Å². The largest absolute Gasteiger partial charge is 0.394 e. The number of nitrogens with one attached hydrogen (secondary N) is 4. The van der Waals surface area contributed by atoms with E-state index in [1.165, 1.54) is 18.3 Å². The van der Waals surface area contributed by atoms with Gasteiger partial charge in [-0.15, -0.1) is 0 Å². The van der Waals surface area contributed by atoms with E-state index in [9.17, 15) is 9.50 Å². The van der Waals surface area contributed by atoms with Crippen LogP contribution in [-0.4, -0.2) is 48.8 Å². The molecular weight excluding hydrogens is 393 g/mol. The monoisotopic (exact) mass is 421 g/mol. The third kappa shape index (κ3) is 5.07. The lowest BCUT2D eigenvalue weighted by Crippen LogP contribution is -2.45. The molecule has 2 atom stereocenters. The van der Waals surface area contributed by atoms with Crippen LogP contribution in [0.25, 0.3) is 0 Å². The van der Waals surface area contributed by atoms with Crippen molar-refractivity contribution in [1.82, 2.24) is 15.5 Å². The average molecular weight is 422 g/mol. The van der Waals surface area contributed by atoms with E-state index in [1.807, 2.05) is 29.3 Å². The number of nitrogens with zero attached hydrogens (tertiary/aromatic N) is 1. The van der Waals surface area contributed by atoms with E-state index in [4.69, 9.17) is 10.8 Å². The topological polar surface area (TPSA) is 95.2 Å². The Bertz CT molecular complexity index is 999. The molecule has 3 rings (SSSR count). The number of allylic oxidation sites excluding steroid dienone is 1. The minimum absolute atomic E-state index is 0.0702. The second kappa shape index (κ2) is 10.1. The second-order valence-corrected chi connectivity index (χ2v) is 7.40. The molecule has 0 aromatic heterocycles. The third-order valence-electron chi connectivity index (χ3n) is 5.47. The van der Waals surface area contributed by atoms with Gasteiger partial charge in [0.1, 0.15) is 12.0 Å². The molecule has 0 amide bonds. The molecule has 0 radical (unpaired) electrons. The number of fused-ring (bicyclic) bond motifs is 1. The smallest absolute Gasteiger partial charge is 0.148 e. The van der Waals surface area contributed by atoms with E-state index < -0.39 is 6.23 Å². The number of likely N-dealkylation sites (N-methyl/N-ethyl adjacent to an activating group) is 1. The Morgan fingerprint density at radius 3 is 2.55 bits per heavy atom. The van der Waals surface area contributed by atoms with Gasteiger partial charge in [0.25, 0.3) is 0 Å². The standard InChI is InChI=1S/C24H28FN5O/c1-28-13-18(12-26)21-15-30(14-17-5-3-4-6-20(17)21)24(31)23(29-2)11-22(27)16-7-9-19(25)10-8-16/h3-13,21,24,26-29,31H,14-15H2,1-2H3/b18-13+,23-11-,26-12?,27-22?. The van der Waals surface area contributed by atoms with E-state index in [0.717, 1.165) is 16.7 Å². The number of halogens is 1. The molecule has 0 spiro atoms. The summed E-state index contributed by atoms with van der Waals surface area (Å²) in [6.07, 6.45) is 3.74. The van der Waals surface area contributed by atoms with Gasteiger partial charge in [-0.05, 0) is 52.6 Å². The molecule has 6 nitrogen and oxygen atoms in total. The number of aliphatic hydroxyl groups excluding tert-OH is 1. The highest BCUT2D eigenvalue weighted by molar-refractivity contribution is 6.06. The summed E-state index contributed by atoms with van der Waals surface area (Å²) < 4.78 is 13.2. The zero-order chi connectivity index (χ0) is 22.4. The predicted octanol–water partition coefficient (Wildman–Crippen LogP) is 2.97. The van der Waals surface area contributed by atoms with Crippen LogP contribution < -0.4 is 10.6 Å². The third-order valence-corrected chi connectivity index (χ3v) is 5.47. The summed E-state index contributed by atoms with van der Waals surface area (Å²) in [5.74, 6) is -0.428. The molecule has 0 fully saturated rings. The molecule has 1 aliphatic heterocycles. The highest BCUT2D eigenvalue weighted by Crippen LogP contribution is 2.34. The summed E-state index contributed by atoms with van der Waals surface area (Å²) in [7, 11) is 3.50. The van der Waals surface area contributed by atoms with Gasteiger partial charge in [0.2, 0.25) is 0 Å². The van der Waals surface area contributed by atoms with Crippen LogP contribution >= 0.6 is 0 Å². The summed E-state index contributed by atoms with van der Waals surface area (Å²) in [5, 5.41) is 33.3. The van der Waals surface area contributed by atoms with Gasteiger partial charge in [-0.25, -0.2) is 4.39 Å². The molecule has 1 heterocycles. The van der Waals surface area contributed by atoms with E-state index in [0.29, 0.717) is 24.4 Å². The van der Waals surface area contributed by atoms with Crippen LogP contribution in [0, 0.1) is 16.6 Å². The fourth-order valence-electron chi connectivity index (χ4n) is 3.86. The van der Waals surface area contributed by atoms with Gasteiger partial charge in [0, 0.05) is 45.5 Å². The molecule has 0 bridgehead atoms. The Kier molecular flexibility index (Phi) is 7.33. The first-order chi connectivity index (χ1) is 15.0. The van der Waals surface area contributed by atoms with Gasteiger partial charge >= 0.3 is 0 Å². The van der Waals surface area contributed by atoms with Gasteiger partial charge in [-0.2, -0.15) is 0 Å². The number of rotatable bonds is 8. The van der Waals surface area contributed by atoms with E-state index in [-0.39, 0.29) is 17.4 Å². The lowest BCUT2D eigenvalue weighted by atomic mass is 9.84. The molecule has 2 unspecified atom stereocenters. The molecular formula is C24H28FN5O. The first-order valence-electron chi connectivity index (χ1n) is 10.1. The van der Waals surface area contributed by atoms with Gasteiger partial charge in [0.15, 0.2) is 0 Å². The van der Waals surface area contributed by atoms with Gasteiger partial charge < -0.3 is 26.6 Å². The molecule has 1 aliphatic rings. The van der Waals surface area contributed by atoms with Crippen molar-refractivity contribution in [2.75, 3.05) is 20.6 Å². The molecule has 7 heteroatoms. The SMILES string of the molecule is CN/C=C(\C=N)C1CN(C(O)/C(=C/C(=N)c2ccc(F)cc2)NC)Cc2ccccc21. The number of hydrogen-bond acceptors (Lipinski definition) is 6. The van der Waals surface area contributed by atoms with Crippen molar-refractivity contribution in [3.05, 3.63) is 94.6 Å². The predicted molar refractivity (Wildman–Crippen MR) is 122 cm³/mol. The molecule has 2 aromatic rings. The fourth-order valence-corrected chi connectivity index (χ4v) is 3.86. The Morgan fingerprint density at radius 2 is 1.90 bits per heavy atom. The normalized spacial score (nSPS) is 18.1. The second-order valence-electron chi connectivity index (χ2n) is 7.40. The van der Waals surface area contributed by atoms with Crippen LogP contribution in [0.2, 0.25) is 0 Å². The average Bonchev–Trinajstić information content (AvgIpc) is 2.80. The summed E-state index contributed by atoms with van der Waals surface area (Å²) in [6.45, 7) is 1.06. The summed E-state index contributed by atoms with van der Waals surface area (Å²) >= 11 is 0. The van der Waals surface area contributed by atoms with Crippen LogP contribution in [0.15, 0.2) is 72.1 Å². The maximum Gasteiger partial charge on any atom is 0.148 e. The van der Waals surface area contributed by atoms with Gasteiger partial charge in [0.05, 0.1) is 11.4 Å². The minimum Gasteiger partial charge on any atom is -0.394 e. The van der Waals surface area contributed by atoms with Gasteiger partial charge in [-0.3, -0.25) is 4.90 Å². The van der Waals surface area contributed by atoms with Crippen molar-refractivity contribution < 1.29 is 9.50 Å². The Balaban J connectivity index is 1.89. The lowest BCUT2D eigenvalue weighted by Gasteiger charge is -2.38. The minimum atomic E-state index is -0.969. The Morgan fingerprint density at radius 1 is 1.19 bits per heavy atom. The fraction of sp³-hybridized carbons (Fsp3) is 0.250. The van der Waals surface area contributed by atoms with Gasteiger partial charge in [-0.1, -0.05) is 24.3 Å². The molecule has 0 saturated heterocycles. The van der Waals surface area contributed by atoms with Crippen molar-refractivity contribution in [3.63, 3.8) is 0 Å². The molecule has 5 N–H and O–H groups in total. The maximum absolute atomic E-state index is 13.2. The quantitative estimate of drug-likeness (QED) is 0.424. The highest BCUT2D eigenvalue weighted by Gasteiger charge is 2.31. The molecule has 0 saturated carbocycles. The van der Waals surface area contributed by atoms with E-state index in [2.05, 4.69) is 16.7 Å². The Labute approximate surface area is 182 Å². The van der Waals surface area contributed by atoms with Crippen LogP contribution in [0.5, 0.6) is 0 Å². The van der Waals surface area contributed by atoms with Crippen molar-refractivity contribution in [3.8, 4) is 0 Å². The maximum atomic E-state index is 13.2. The van der Waals surface area contributed by atoms with Crippen LogP contribution in [-0.2, 0) is 6.54 Å². The molecule has 162 valence electrons. The number of benzene rings is 2. The summed E-state index contributed by atoms with van der Waals surface area (Å²) in [6, 6.07) is 13.8. The number of hydrogen-bond donors (Lipinski definition) is 5. The lowest BCUT2D eigenvalue weighted by molar-refractivity contribution is 0.0150. The van der Waals surface area contributed by atoms with Crippen molar-refractivity contribution in [2.24, 2.45) is 0 Å². The molecule has 31 heavy (non-hydrogen) atoms. The number of aliphatic hydroxyl groups is 1. The van der Waals surface area contributed by atoms with Crippen molar-refractivity contribution in [2.45, 2.75) is 18.7 Å². The van der Waals surface area contributed by atoms with Crippen molar-refractivity contribution in [1.29, 1.82) is 10.8 Å². The molecule has 2 aromatic carbocycles. The first kappa shape index (κ1) is 22.4. The highest BCUT2D eigenvalue weighted by atomic mass is 19.1. The van der Waals surface area contributed by atoms with Crippen molar-refractivity contribution >= 4 is 11.9 Å².